The van der Waals surface area contributed by atoms with Crippen LogP contribution in [0.25, 0.3) is 0 Å². The van der Waals surface area contributed by atoms with E-state index in [-0.39, 0.29) is 0 Å². The third kappa shape index (κ3) is 7.99. The van der Waals surface area contributed by atoms with E-state index in [1.807, 2.05) is 12.1 Å². The Bertz CT molecular complexity index is 749. The van der Waals surface area contributed by atoms with E-state index in [0.717, 1.165) is 31.2 Å². The molecule has 29 heavy (non-hydrogen) atoms. The van der Waals surface area contributed by atoms with Gasteiger partial charge in [-0.05, 0) is 37.1 Å². The molecule has 0 saturated heterocycles. The van der Waals surface area contributed by atoms with Crippen LogP contribution in [0.1, 0.15) is 18.1 Å². The van der Waals surface area contributed by atoms with Gasteiger partial charge < -0.3 is 25.0 Å². The van der Waals surface area contributed by atoms with Crippen LogP contribution in [0.2, 0.25) is 0 Å². The fourth-order valence-electron chi connectivity index (χ4n) is 2.84. The van der Waals surface area contributed by atoms with Crippen LogP contribution >= 0.6 is 0 Å². The number of aromatic nitrogens is 1. The van der Waals surface area contributed by atoms with Crippen molar-refractivity contribution in [2.45, 2.75) is 20.4 Å². The molecule has 7 heteroatoms. The molecular formula is C22H33N5O2. The lowest BCUT2D eigenvalue weighted by molar-refractivity contribution is 0.143. The number of hydrogen-bond donors (Lipinski definition) is 2. The standard InChI is InChI=1S/C22H33N5O2/c1-5-27(20-8-6-7-18(2)15-20)12-11-24-22(23-3)26-17-19-9-10-21(25-16-19)29-14-13-28-4/h6-10,15-16H,5,11-14,17H2,1-4H3,(H2,23,24,26). The first-order chi connectivity index (χ1) is 14.2. The third-order valence-electron chi connectivity index (χ3n) is 4.44. The number of pyridine rings is 1. The smallest absolute Gasteiger partial charge is 0.213 e. The highest BCUT2D eigenvalue weighted by atomic mass is 16.5. The summed E-state index contributed by atoms with van der Waals surface area (Å²) in [6.45, 7) is 8.63. The normalized spacial score (nSPS) is 11.2. The highest BCUT2D eigenvalue weighted by molar-refractivity contribution is 5.79. The summed E-state index contributed by atoms with van der Waals surface area (Å²) < 4.78 is 10.4. The molecule has 0 aliphatic carbocycles. The van der Waals surface area contributed by atoms with Gasteiger partial charge in [0.05, 0.1) is 6.61 Å². The van der Waals surface area contributed by atoms with E-state index < -0.39 is 0 Å². The van der Waals surface area contributed by atoms with Gasteiger partial charge in [0.15, 0.2) is 5.96 Å². The van der Waals surface area contributed by atoms with Gasteiger partial charge in [-0.3, -0.25) is 4.99 Å². The fourth-order valence-corrected chi connectivity index (χ4v) is 2.84. The molecule has 0 saturated carbocycles. The average molecular weight is 400 g/mol. The van der Waals surface area contributed by atoms with Gasteiger partial charge in [-0.25, -0.2) is 4.98 Å². The minimum absolute atomic E-state index is 0.495. The summed E-state index contributed by atoms with van der Waals surface area (Å²) in [5.74, 6) is 1.37. The zero-order valence-electron chi connectivity index (χ0n) is 17.9. The lowest BCUT2D eigenvalue weighted by Crippen LogP contribution is -2.41. The van der Waals surface area contributed by atoms with Crippen molar-refractivity contribution in [3.05, 3.63) is 53.7 Å². The Hall–Kier alpha value is -2.80. The van der Waals surface area contributed by atoms with E-state index in [0.29, 0.717) is 25.6 Å². The van der Waals surface area contributed by atoms with E-state index in [2.05, 4.69) is 63.6 Å². The fraction of sp³-hybridized carbons (Fsp3) is 0.455. The van der Waals surface area contributed by atoms with Gasteiger partial charge in [-0.15, -0.1) is 0 Å². The molecule has 7 nitrogen and oxygen atoms in total. The summed E-state index contributed by atoms with van der Waals surface area (Å²) in [4.78, 5) is 11.0. The van der Waals surface area contributed by atoms with Gasteiger partial charge in [0, 0.05) is 58.3 Å². The van der Waals surface area contributed by atoms with Crippen LogP contribution in [0.3, 0.4) is 0 Å². The van der Waals surface area contributed by atoms with Crippen LogP contribution in [-0.4, -0.2) is 57.9 Å². The number of ether oxygens (including phenoxy) is 2. The van der Waals surface area contributed by atoms with Crippen LogP contribution < -0.4 is 20.3 Å². The maximum absolute atomic E-state index is 5.48. The molecule has 0 spiro atoms. The Balaban J connectivity index is 1.76. The minimum atomic E-state index is 0.495. The number of guanidine groups is 1. The van der Waals surface area contributed by atoms with E-state index in [4.69, 9.17) is 9.47 Å². The van der Waals surface area contributed by atoms with Crippen molar-refractivity contribution in [1.29, 1.82) is 0 Å². The Morgan fingerprint density at radius 2 is 2.03 bits per heavy atom. The molecule has 2 N–H and O–H groups in total. The molecule has 0 radical (unpaired) electrons. The molecule has 0 atom stereocenters. The van der Waals surface area contributed by atoms with Crippen molar-refractivity contribution in [3.63, 3.8) is 0 Å². The molecule has 0 aliphatic heterocycles. The number of rotatable bonds is 11. The van der Waals surface area contributed by atoms with Crippen LogP contribution in [0.5, 0.6) is 5.88 Å². The lowest BCUT2D eigenvalue weighted by Gasteiger charge is -2.24. The molecule has 1 aromatic carbocycles. The molecule has 1 heterocycles. The van der Waals surface area contributed by atoms with E-state index in [1.54, 1.807) is 20.4 Å². The summed E-state index contributed by atoms with van der Waals surface area (Å²) in [6.07, 6.45) is 1.80. The molecule has 2 rings (SSSR count). The first-order valence-corrected chi connectivity index (χ1v) is 9.99. The second-order valence-electron chi connectivity index (χ2n) is 6.62. The summed E-state index contributed by atoms with van der Waals surface area (Å²) >= 11 is 0. The molecule has 1 aromatic heterocycles. The highest BCUT2D eigenvalue weighted by Crippen LogP contribution is 2.15. The van der Waals surface area contributed by atoms with Crippen LogP contribution in [0, 0.1) is 6.92 Å². The van der Waals surface area contributed by atoms with Crippen molar-refractivity contribution in [1.82, 2.24) is 15.6 Å². The second-order valence-corrected chi connectivity index (χ2v) is 6.62. The number of anilines is 1. The first-order valence-electron chi connectivity index (χ1n) is 9.99. The topological polar surface area (TPSA) is 71.0 Å². The summed E-state index contributed by atoms with van der Waals surface area (Å²) in [6, 6.07) is 12.4. The zero-order valence-corrected chi connectivity index (χ0v) is 17.9. The zero-order chi connectivity index (χ0) is 20.9. The molecule has 0 amide bonds. The molecule has 0 fully saturated rings. The average Bonchev–Trinajstić information content (AvgIpc) is 2.74. The van der Waals surface area contributed by atoms with Crippen LogP contribution in [0.15, 0.2) is 47.6 Å². The van der Waals surface area contributed by atoms with Crippen LogP contribution in [-0.2, 0) is 11.3 Å². The third-order valence-corrected chi connectivity index (χ3v) is 4.44. The first kappa shape index (κ1) is 22.5. The summed E-state index contributed by atoms with van der Waals surface area (Å²) in [5.41, 5.74) is 3.58. The largest absolute Gasteiger partial charge is 0.475 e. The Labute approximate surface area is 174 Å². The van der Waals surface area contributed by atoms with Gasteiger partial charge in [0.1, 0.15) is 6.61 Å². The molecule has 0 aliphatic rings. The van der Waals surface area contributed by atoms with E-state index in [1.165, 1.54) is 11.3 Å². The van der Waals surface area contributed by atoms with Gasteiger partial charge >= 0.3 is 0 Å². The van der Waals surface area contributed by atoms with Crippen molar-refractivity contribution < 1.29 is 9.47 Å². The van der Waals surface area contributed by atoms with Crippen molar-refractivity contribution in [2.24, 2.45) is 4.99 Å². The number of nitrogens with zero attached hydrogens (tertiary/aromatic N) is 3. The Kier molecular flexibility index (Phi) is 9.78. The molecule has 2 aromatic rings. The molecular weight excluding hydrogens is 366 g/mol. The highest BCUT2D eigenvalue weighted by Gasteiger charge is 2.05. The SMILES string of the molecule is CCN(CCNC(=NC)NCc1ccc(OCCOC)nc1)c1cccc(C)c1. The number of benzene rings is 1. The summed E-state index contributed by atoms with van der Waals surface area (Å²) in [5, 5.41) is 6.69. The monoisotopic (exact) mass is 399 g/mol. The van der Waals surface area contributed by atoms with E-state index >= 15 is 0 Å². The van der Waals surface area contributed by atoms with Crippen molar-refractivity contribution in [2.75, 3.05) is 51.9 Å². The predicted molar refractivity (Wildman–Crippen MR) is 119 cm³/mol. The number of hydrogen-bond acceptors (Lipinski definition) is 5. The van der Waals surface area contributed by atoms with Crippen LogP contribution in [0.4, 0.5) is 5.69 Å². The molecule has 0 unspecified atom stereocenters. The van der Waals surface area contributed by atoms with Crippen molar-refractivity contribution >= 4 is 11.6 Å². The van der Waals surface area contributed by atoms with Gasteiger partial charge in [0.2, 0.25) is 5.88 Å². The Morgan fingerprint density at radius 1 is 1.17 bits per heavy atom. The maximum Gasteiger partial charge on any atom is 0.213 e. The minimum Gasteiger partial charge on any atom is -0.475 e. The number of aliphatic imine (C=N–C) groups is 1. The Morgan fingerprint density at radius 3 is 2.69 bits per heavy atom. The van der Waals surface area contributed by atoms with Crippen molar-refractivity contribution in [3.8, 4) is 5.88 Å². The van der Waals surface area contributed by atoms with Gasteiger partial charge in [0.25, 0.3) is 0 Å². The molecule has 0 bridgehead atoms. The maximum atomic E-state index is 5.48. The second kappa shape index (κ2) is 12.6. The van der Waals surface area contributed by atoms with E-state index in [9.17, 15) is 0 Å². The number of nitrogens with one attached hydrogen (secondary N) is 2. The number of likely N-dealkylation sites (N-methyl/N-ethyl adjacent to an activating group) is 1. The number of methoxy groups -OCH3 is 1. The molecule has 158 valence electrons. The van der Waals surface area contributed by atoms with Gasteiger partial charge in [-0.2, -0.15) is 0 Å². The predicted octanol–water partition coefficient (Wildman–Crippen LogP) is 2.61. The quantitative estimate of drug-likeness (QED) is 0.344. The van der Waals surface area contributed by atoms with Gasteiger partial charge in [-0.1, -0.05) is 18.2 Å². The summed E-state index contributed by atoms with van der Waals surface area (Å²) in [7, 11) is 3.42. The number of aryl methyl sites for hydroxylation is 1. The lowest BCUT2D eigenvalue weighted by atomic mass is 10.2.